The molecule has 0 amide bonds. The smallest absolute Gasteiger partial charge is 0.271 e. The molecule has 2 aromatic rings. The summed E-state index contributed by atoms with van der Waals surface area (Å²) >= 11 is 0. The number of anilines is 1. The third-order valence-corrected chi connectivity index (χ3v) is 4.74. The highest BCUT2D eigenvalue weighted by Gasteiger charge is 2.21. The van der Waals surface area contributed by atoms with Crippen molar-refractivity contribution in [2.45, 2.75) is 51.2 Å². The Kier molecular flexibility index (Phi) is 5.15. The number of hydrogen-bond donors (Lipinski definition) is 3. The first-order chi connectivity index (χ1) is 12.1. The lowest BCUT2D eigenvalue weighted by Crippen LogP contribution is -2.30. The van der Waals surface area contributed by atoms with E-state index in [-0.39, 0.29) is 17.7 Å². The number of aryl methyl sites for hydroxylation is 1. The van der Waals surface area contributed by atoms with Crippen molar-refractivity contribution < 1.29 is 5.11 Å². The van der Waals surface area contributed by atoms with Gasteiger partial charge in [0.05, 0.1) is 6.10 Å². The Bertz CT molecular complexity index is 845. The molecule has 0 spiro atoms. The van der Waals surface area contributed by atoms with Crippen LogP contribution in [0.2, 0.25) is 0 Å². The lowest BCUT2D eigenvalue weighted by atomic mass is 9.93. The van der Waals surface area contributed by atoms with Crippen LogP contribution in [0.4, 0.5) is 5.82 Å². The maximum atomic E-state index is 12.3. The van der Waals surface area contributed by atoms with Gasteiger partial charge in [-0.1, -0.05) is 24.3 Å². The first-order valence-corrected chi connectivity index (χ1v) is 8.59. The second kappa shape index (κ2) is 7.49. The van der Waals surface area contributed by atoms with Gasteiger partial charge in [-0.2, -0.15) is 5.26 Å². The molecule has 1 aromatic carbocycles. The fourth-order valence-electron chi connectivity index (χ4n) is 3.21. The van der Waals surface area contributed by atoms with E-state index in [4.69, 9.17) is 0 Å². The first-order valence-electron chi connectivity index (χ1n) is 8.59. The molecule has 1 fully saturated rings. The van der Waals surface area contributed by atoms with Gasteiger partial charge in [-0.15, -0.1) is 0 Å². The third-order valence-electron chi connectivity index (χ3n) is 4.74. The fourth-order valence-corrected chi connectivity index (χ4v) is 3.21. The quantitative estimate of drug-likeness (QED) is 0.793. The largest absolute Gasteiger partial charge is 0.393 e. The van der Waals surface area contributed by atoms with E-state index < -0.39 is 5.56 Å². The molecule has 6 heteroatoms. The monoisotopic (exact) mass is 338 g/mol. The van der Waals surface area contributed by atoms with Crippen molar-refractivity contribution in [3.8, 4) is 6.07 Å². The molecule has 1 aliphatic carbocycles. The van der Waals surface area contributed by atoms with Crippen molar-refractivity contribution in [2.24, 2.45) is 0 Å². The number of aliphatic hydroxyl groups excluding tert-OH is 1. The van der Waals surface area contributed by atoms with E-state index in [1.165, 1.54) is 0 Å². The zero-order valence-corrected chi connectivity index (χ0v) is 14.2. The lowest BCUT2D eigenvalue weighted by Gasteiger charge is -2.26. The van der Waals surface area contributed by atoms with E-state index in [9.17, 15) is 15.2 Å². The van der Waals surface area contributed by atoms with Gasteiger partial charge in [0.25, 0.3) is 5.56 Å². The normalized spacial score (nSPS) is 20.0. The Morgan fingerprint density at radius 3 is 2.72 bits per heavy atom. The van der Waals surface area contributed by atoms with Crippen LogP contribution >= 0.6 is 0 Å². The molecular weight excluding hydrogens is 316 g/mol. The molecule has 0 unspecified atom stereocenters. The molecule has 6 nitrogen and oxygen atoms in total. The molecular formula is C19H22N4O2. The molecule has 3 rings (SSSR count). The van der Waals surface area contributed by atoms with Crippen molar-refractivity contribution in [1.29, 1.82) is 5.26 Å². The number of aromatic amines is 1. The van der Waals surface area contributed by atoms with E-state index >= 15 is 0 Å². The van der Waals surface area contributed by atoms with Crippen LogP contribution in [-0.4, -0.2) is 27.2 Å². The van der Waals surface area contributed by atoms with Gasteiger partial charge >= 0.3 is 0 Å². The molecule has 1 aromatic heterocycles. The average Bonchev–Trinajstić information content (AvgIpc) is 2.59. The number of nitrogens with one attached hydrogen (secondary N) is 2. The van der Waals surface area contributed by atoms with Crippen molar-refractivity contribution in [1.82, 2.24) is 9.97 Å². The minimum Gasteiger partial charge on any atom is -0.393 e. The van der Waals surface area contributed by atoms with Crippen LogP contribution < -0.4 is 10.9 Å². The third kappa shape index (κ3) is 4.06. The van der Waals surface area contributed by atoms with Gasteiger partial charge in [0.15, 0.2) is 11.4 Å². The number of H-pyrrole nitrogens is 1. The van der Waals surface area contributed by atoms with E-state index in [1.54, 1.807) is 0 Å². The summed E-state index contributed by atoms with van der Waals surface area (Å²) in [6.07, 6.45) is 3.29. The Labute approximate surface area is 146 Å². The zero-order valence-electron chi connectivity index (χ0n) is 14.2. The Morgan fingerprint density at radius 2 is 2.04 bits per heavy atom. The van der Waals surface area contributed by atoms with Gasteiger partial charge < -0.3 is 15.4 Å². The summed E-state index contributed by atoms with van der Waals surface area (Å²) in [5.41, 5.74) is 1.81. The molecule has 0 bridgehead atoms. The molecule has 0 atom stereocenters. The number of rotatable bonds is 4. The zero-order chi connectivity index (χ0) is 17.8. The van der Waals surface area contributed by atoms with E-state index in [0.717, 1.165) is 36.8 Å². The Balaban J connectivity index is 1.86. The molecule has 25 heavy (non-hydrogen) atoms. The maximum absolute atomic E-state index is 12.3. The fraction of sp³-hybridized carbons (Fsp3) is 0.421. The summed E-state index contributed by atoms with van der Waals surface area (Å²) in [5.74, 6) is 0.882. The van der Waals surface area contributed by atoms with Gasteiger partial charge in [-0.25, -0.2) is 4.98 Å². The minimum absolute atomic E-state index is 0.0136. The van der Waals surface area contributed by atoms with Crippen molar-refractivity contribution >= 4 is 5.82 Å². The molecule has 1 heterocycles. The topological polar surface area (TPSA) is 102 Å². The van der Waals surface area contributed by atoms with Crippen LogP contribution in [0.25, 0.3) is 0 Å². The number of aromatic nitrogens is 2. The number of nitrogens with zero attached hydrogens (tertiary/aromatic N) is 2. The summed E-state index contributed by atoms with van der Waals surface area (Å²) in [4.78, 5) is 19.5. The first kappa shape index (κ1) is 17.2. The molecule has 3 N–H and O–H groups in total. The number of nitriles is 1. The highest BCUT2D eigenvalue weighted by molar-refractivity contribution is 5.51. The number of aliphatic hydroxyl groups is 1. The summed E-state index contributed by atoms with van der Waals surface area (Å²) in [7, 11) is 0. The van der Waals surface area contributed by atoms with Crippen LogP contribution in [0.15, 0.2) is 29.1 Å². The minimum atomic E-state index is -0.417. The Hall–Kier alpha value is -2.65. The van der Waals surface area contributed by atoms with E-state index in [0.29, 0.717) is 18.1 Å². The van der Waals surface area contributed by atoms with Crippen LogP contribution in [0.3, 0.4) is 0 Å². The lowest BCUT2D eigenvalue weighted by molar-refractivity contribution is 0.126. The average molecular weight is 338 g/mol. The van der Waals surface area contributed by atoms with Crippen molar-refractivity contribution in [3.05, 3.63) is 57.1 Å². The van der Waals surface area contributed by atoms with Gasteiger partial charge in [-0.3, -0.25) is 4.79 Å². The van der Waals surface area contributed by atoms with Crippen LogP contribution in [0, 0.1) is 18.3 Å². The van der Waals surface area contributed by atoms with Gasteiger partial charge in [0, 0.05) is 12.5 Å². The van der Waals surface area contributed by atoms with Gasteiger partial charge in [-0.05, 0) is 43.7 Å². The SMILES string of the molecule is Cc1ccccc1Cc1nc(NC2CCC(O)CC2)c(C#N)c(=O)[nH]1. The highest BCUT2D eigenvalue weighted by atomic mass is 16.3. The molecule has 0 radical (unpaired) electrons. The maximum Gasteiger partial charge on any atom is 0.271 e. The second-order valence-electron chi connectivity index (χ2n) is 6.60. The van der Waals surface area contributed by atoms with E-state index in [1.807, 2.05) is 37.3 Å². The standard InChI is InChI=1S/C19H22N4O2/c1-12-4-2-3-5-13(12)10-17-22-18(16(11-20)19(25)23-17)21-14-6-8-15(24)9-7-14/h2-5,14-15,24H,6-10H2,1H3,(H2,21,22,23,25). The molecule has 1 saturated carbocycles. The summed E-state index contributed by atoms with van der Waals surface area (Å²) in [6, 6.07) is 10.0. The molecule has 0 saturated heterocycles. The molecule has 1 aliphatic rings. The highest BCUT2D eigenvalue weighted by Crippen LogP contribution is 2.22. The van der Waals surface area contributed by atoms with Crippen molar-refractivity contribution in [2.75, 3.05) is 5.32 Å². The molecule has 130 valence electrons. The van der Waals surface area contributed by atoms with Crippen LogP contribution in [-0.2, 0) is 6.42 Å². The predicted octanol–water partition coefficient (Wildman–Crippen LogP) is 2.26. The number of benzene rings is 1. The Morgan fingerprint density at radius 1 is 1.32 bits per heavy atom. The summed E-state index contributed by atoms with van der Waals surface area (Å²) < 4.78 is 0. The summed E-state index contributed by atoms with van der Waals surface area (Å²) in [6.45, 7) is 2.02. The van der Waals surface area contributed by atoms with Crippen LogP contribution in [0.5, 0.6) is 0 Å². The van der Waals surface area contributed by atoms with E-state index in [2.05, 4.69) is 15.3 Å². The van der Waals surface area contributed by atoms with Gasteiger partial charge in [0.2, 0.25) is 0 Å². The van der Waals surface area contributed by atoms with Gasteiger partial charge in [0.1, 0.15) is 11.9 Å². The second-order valence-corrected chi connectivity index (χ2v) is 6.60. The van der Waals surface area contributed by atoms with Crippen LogP contribution in [0.1, 0.15) is 48.2 Å². The number of hydrogen-bond acceptors (Lipinski definition) is 5. The van der Waals surface area contributed by atoms with Crippen molar-refractivity contribution in [3.63, 3.8) is 0 Å². The summed E-state index contributed by atoms with van der Waals surface area (Å²) in [5, 5.41) is 22.2. The predicted molar refractivity (Wildman–Crippen MR) is 95.4 cm³/mol. The molecule has 0 aliphatic heterocycles.